The van der Waals surface area contributed by atoms with Gasteiger partial charge in [-0.05, 0) is 69.4 Å². The Morgan fingerprint density at radius 3 is 2.05 bits per heavy atom. The monoisotopic (exact) mass is 748 g/mol. The Bertz CT molecular complexity index is 1210. The molecular formula is C32H42ClN2OPrRu. The Kier molecular flexibility index (Phi) is 12.5. The summed E-state index contributed by atoms with van der Waals surface area (Å²) < 4.78 is 1.85. The van der Waals surface area contributed by atoms with Crippen molar-refractivity contribution >= 4 is 25.7 Å². The van der Waals surface area contributed by atoms with Crippen LogP contribution in [-0.4, -0.2) is 35.4 Å². The minimum Gasteiger partial charge on any atom is 0 e. The average molecular weight is 748 g/mol. The second-order valence-corrected chi connectivity index (χ2v) is 12.9. The maximum absolute atomic E-state index is 9.17. The zero-order valence-corrected chi connectivity index (χ0v) is 30.3. The molecule has 1 radical (unpaired) electrons. The molecule has 1 aliphatic heterocycles. The van der Waals surface area contributed by atoms with Gasteiger partial charge in [-0.2, -0.15) is 0 Å². The van der Waals surface area contributed by atoms with E-state index in [1.807, 2.05) is 16.7 Å². The molecule has 4 rings (SSSR count). The third-order valence-corrected chi connectivity index (χ3v) is 8.82. The molecule has 204 valence electrons. The second kappa shape index (κ2) is 14.2. The van der Waals surface area contributed by atoms with Crippen LogP contribution in [0.5, 0.6) is 5.75 Å². The van der Waals surface area contributed by atoms with E-state index < -0.39 is 0 Å². The molecule has 0 amide bonds. The first-order chi connectivity index (χ1) is 17.5. The molecule has 2 atom stereocenters. The van der Waals surface area contributed by atoms with Gasteiger partial charge in [-0.15, -0.1) is 0 Å². The third kappa shape index (κ3) is 7.28. The van der Waals surface area contributed by atoms with Gasteiger partial charge in [0, 0.05) is 83.8 Å². The van der Waals surface area contributed by atoms with E-state index >= 15 is 0 Å². The van der Waals surface area contributed by atoms with Gasteiger partial charge >= 0.3 is 70.7 Å². The number of phenols is 1. The fourth-order valence-electron chi connectivity index (χ4n) is 6.20. The molecule has 0 aliphatic carbocycles. The van der Waals surface area contributed by atoms with Gasteiger partial charge in [-0.3, -0.25) is 0 Å². The molecule has 3 aromatic rings. The van der Waals surface area contributed by atoms with Crippen molar-refractivity contribution in [3.05, 3.63) is 89.0 Å². The summed E-state index contributed by atoms with van der Waals surface area (Å²) in [7, 11) is 9.77. The molecule has 0 spiro atoms. The first-order valence-corrected chi connectivity index (χ1v) is 16.2. The van der Waals surface area contributed by atoms with Crippen LogP contribution in [0.15, 0.2) is 66.7 Å². The van der Waals surface area contributed by atoms with Gasteiger partial charge in [0.25, 0.3) is 0 Å². The molecule has 38 heavy (non-hydrogen) atoms. The predicted octanol–water partition coefficient (Wildman–Crippen LogP) is 7.87. The molecule has 0 saturated carbocycles. The summed E-state index contributed by atoms with van der Waals surface area (Å²) in [5.41, 5.74) is 8.02. The van der Waals surface area contributed by atoms with Gasteiger partial charge in [-0.1, -0.05) is 44.2 Å². The summed E-state index contributed by atoms with van der Waals surface area (Å²) in [6.45, 7) is 14.2. The molecule has 3 nitrogen and oxygen atoms in total. The van der Waals surface area contributed by atoms with Gasteiger partial charge < -0.3 is 9.80 Å². The van der Waals surface area contributed by atoms with E-state index in [1.54, 1.807) is 12.1 Å². The Morgan fingerprint density at radius 1 is 1.00 bits per heavy atom. The number of anilines is 2. The van der Waals surface area contributed by atoms with Crippen LogP contribution in [0.3, 0.4) is 0 Å². The van der Waals surface area contributed by atoms with Crippen LogP contribution in [0.1, 0.15) is 62.8 Å². The van der Waals surface area contributed by atoms with Crippen molar-refractivity contribution < 1.29 is 62.1 Å². The molecule has 1 N–H and O–H groups in total. The van der Waals surface area contributed by atoms with Gasteiger partial charge in [0.05, 0.1) is 0 Å². The van der Waals surface area contributed by atoms with Gasteiger partial charge in [0.15, 0.2) is 0 Å². The number of para-hydroxylation sites is 1. The fourth-order valence-corrected chi connectivity index (χ4v) is 7.32. The van der Waals surface area contributed by atoms with E-state index in [0.29, 0.717) is 11.8 Å². The number of benzene rings is 3. The maximum Gasteiger partial charge on any atom is 0 e. The van der Waals surface area contributed by atoms with Crippen molar-refractivity contribution in [2.45, 2.75) is 71.4 Å². The minimum atomic E-state index is -0.250. The van der Waals surface area contributed by atoms with E-state index in [2.05, 4.69) is 108 Å². The molecule has 1 saturated heterocycles. The van der Waals surface area contributed by atoms with Gasteiger partial charge in [0.2, 0.25) is 0 Å². The van der Waals surface area contributed by atoms with E-state index in [-0.39, 0.29) is 67.9 Å². The van der Waals surface area contributed by atoms with Crippen LogP contribution in [-0.2, 0) is 21.1 Å². The number of aryl methyl sites for hydroxylation is 2. The number of nitrogens with zero attached hydrogens (tertiary/aromatic N) is 2. The van der Waals surface area contributed by atoms with E-state index in [4.69, 9.17) is 14.8 Å². The van der Waals surface area contributed by atoms with Gasteiger partial charge in [-0.25, -0.2) is 0 Å². The summed E-state index contributed by atoms with van der Waals surface area (Å²) in [5.74, 6) is 0.303. The van der Waals surface area contributed by atoms with Crippen molar-refractivity contribution in [1.82, 2.24) is 0 Å². The SMILES string of the molecule is CCC1N(c2c(C)cc(N(C)C)cc2C)C(C)(C)CC1(C)c1ccccc1.Oc1ccccc1[CH]=[Ru][Cl].[Pr]. The largest absolute Gasteiger partial charge is 0 e. The Hall–Kier alpha value is -0.793. The molecule has 2 unspecified atom stereocenters. The smallest absolute Gasteiger partial charge is 0 e. The molecule has 1 aliphatic rings. The minimum absolute atomic E-state index is 0. The molecule has 0 bridgehead atoms. The van der Waals surface area contributed by atoms with Crippen LogP contribution in [0.25, 0.3) is 0 Å². The Balaban J connectivity index is 0.000000389. The predicted molar refractivity (Wildman–Crippen MR) is 158 cm³/mol. The van der Waals surface area contributed by atoms with Crippen LogP contribution < -0.4 is 9.80 Å². The summed E-state index contributed by atoms with van der Waals surface area (Å²) in [6, 6.07) is 23.4. The summed E-state index contributed by atoms with van der Waals surface area (Å²) >= 11 is -0.250. The van der Waals surface area contributed by atoms with Crippen LogP contribution >= 0.6 is 9.69 Å². The molecule has 3 aromatic carbocycles. The average Bonchev–Trinajstić information content (AvgIpc) is 3.06. The number of hydrogen-bond donors (Lipinski definition) is 1. The fraction of sp³-hybridized carbons (Fsp3) is 0.406. The molecule has 1 heterocycles. The van der Waals surface area contributed by atoms with Crippen molar-refractivity contribution in [3.63, 3.8) is 0 Å². The number of halogens is 1. The third-order valence-electron chi connectivity index (χ3n) is 7.64. The summed E-state index contributed by atoms with van der Waals surface area (Å²) in [4.78, 5) is 4.94. The quantitative estimate of drug-likeness (QED) is 0.270. The summed E-state index contributed by atoms with van der Waals surface area (Å²) in [6.07, 6.45) is 2.31. The zero-order chi connectivity index (χ0) is 27.4. The van der Waals surface area contributed by atoms with Gasteiger partial charge in [0.1, 0.15) is 0 Å². The number of rotatable bonds is 5. The second-order valence-electron chi connectivity index (χ2n) is 11.1. The molecule has 0 aromatic heterocycles. The standard InChI is InChI=1S/C25H36N2.C7H6O.ClH.Pr.Ru/c1-9-22-25(6,20-13-11-10-12-14-20)17-24(4,5)27(22)23-18(2)15-21(26(7)8)16-19(23)3;1-6-4-2-3-5-7(6)8;;;/h10-16,22H,9,17H2,1-8H3;1-5,8H;1H;;/q;;;;+1/p-1. The van der Waals surface area contributed by atoms with E-state index in [1.165, 1.54) is 28.1 Å². The van der Waals surface area contributed by atoms with Crippen molar-refractivity contribution in [2.75, 3.05) is 23.9 Å². The zero-order valence-electron chi connectivity index (χ0n) is 24.1. The normalized spacial score (nSPS) is 20.2. The van der Waals surface area contributed by atoms with Crippen LogP contribution in [0.2, 0.25) is 0 Å². The number of hydrogen-bond acceptors (Lipinski definition) is 3. The topological polar surface area (TPSA) is 26.7 Å². The van der Waals surface area contributed by atoms with E-state index in [9.17, 15) is 0 Å². The summed E-state index contributed by atoms with van der Waals surface area (Å²) in [5, 5.41) is 9.17. The van der Waals surface area contributed by atoms with Crippen LogP contribution in [0, 0.1) is 55.1 Å². The molecule has 1 fully saturated rings. The van der Waals surface area contributed by atoms with Crippen molar-refractivity contribution in [2.24, 2.45) is 0 Å². The Labute approximate surface area is 275 Å². The van der Waals surface area contributed by atoms with Crippen LogP contribution in [0.4, 0.5) is 11.4 Å². The van der Waals surface area contributed by atoms with Crippen molar-refractivity contribution in [3.8, 4) is 5.75 Å². The number of phenolic OH excluding ortho intramolecular Hbond substituents is 1. The first-order valence-electron chi connectivity index (χ1n) is 12.9. The number of aromatic hydroxyl groups is 1. The molecule has 6 heteroatoms. The van der Waals surface area contributed by atoms with Crippen molar-refractivity contribution in [1.29, 1.82) is 0 Å². The Morgan fingerprint density at radius 2 is 1.55 bits per heavy atom. The maximum atomic E-state index is 9.17. The molecular weight excluding hydrogens is 706 g/mol. The first kappa shape index (κ1) is 33.4. The van der Waals surface area contributed by atoms with E-state index in [0.717, 1.165) is 18.4 Å².